The molecule has 0 fully saturated rings. The molecule has 0 spiro atoms. The molecule has 1 N–H and O–H groups in total. The monoisotopic (exact) mass is 976 g/mol. The van der Waals surface area contributed by atoms with Gasteiger partial charge in [-0.25, -0.2) is 0 Å². The zero-order valence-corrected chi connectivity index (χ0v) is 42.9. The molecule has 6 rings (SSSR count). The Morgan fingerprint density at radius 1 is 0.529 bits per heavy atom. The van der Waals surface area contributed by atoms with Gasteiger partial charge in [-0.15, -0.1) is 0 Å². The van der Waals surface area contributed by atoms with Crippen LogP contribution in [0.4, 0.5) is 0 Å². The van der Waals surface area contributed by atoms with Crippen molar-refractivity contribution in [3.05, 3.63) is 75.8 Å². The van der Waals surface area contributed by atoms with Gasteiger partial charge < -0.3 is 70.9 Å². The summed E-state index contributed by atoms with van der Waals surface area (Å²) in [5.41, 5.74) is 6.10. The van der Waals surface area contributed by atoms with E-state index in [-0.39, 0.29) is 49.6 Å². The average molecular weight is 977 g/mol. The number of phenols is 1. The largest absolute Gasteiger partial charge is 0.504 e. The molecule has 4 aromatic carbocycles. The molecule has 2 aliphatic heterocycles. The topological polar surface area (TPSA) is 165 Å². The molecule has 0 saturated heterocycles. The first-order chi connectivity index (χ1) is 33.7. The predicted molar refractivity (Wildman–Crippen MR) is 261 cm³/mol. The number of hydrogen-bond donors (Lipinski definition) is 1. The van der Waals surface area contributed by atoms with E-state index < -0.39 is 11.9 Å². The van der Waals surface area contributed by atoms with Gasteiger partial charge in [0.25, 0.3) is 0 Å². The first-order valence-corrected chi connectivity index (χ1v) is 23.5. The summed E-state index contributed by atoms with van der Waals surface area (Å²) in [7, 11) is 20.2. The summed E-state index contributed by atoms with van der Waals surface area (Å²) in [4.78, 5) is 26.0. The number of hydrogen-bond acceptors (Lipinski definition) is 15. The summed E-state index contributed by atoms with van der Waals surface area (Å²) < 4.78 is 69.7. The van der Waals surface area contributed by atoms with Gasteiger partial charge in [0.1, 0.15) is 12.1 Å². The summed E-state index contributed by atoms with van der Waals surface area (Å²) in [6, 6.07) is 13.3. The molecule has 0 amide bonds. The molecule has 0 aromatic heterocycles. The molecule has 0 bridgehead atoms. The van der Waals surface area contributed by atoms with Crippen molar-refractivity contribution in [1.29, 1.82) is 0 Å². The number of fused-ring (bicyclic) bond motifs is 2. The molecule has 0 saturated carbocycles. The van der Waals surface area contributed by atoms with E-state index in [1.807, 2.05) is 36.4 Å². The van der Waals surface area contributed by atoms with E-state index in [0.717, 1.165) is 59.3 Å². The number of esters is 2. The number of likely N-dealkylation sites (N-methyl/N-ethyl adjacent to an activating group) is 2. The summed E-state index contributed by atoms with van der Waals surface area (Å²) in [5.74, 6) is 4.30. The van der Waals surface area contributed by atoms with Crippen LogP contribution >= 0.6 is 0 Å². The molecule has 0 aliphatic carbocycles. The summed E-state index contributed by atoms with van der Waals surface area (Å²) in [5, 5.41) is 10.9. The minimum Gasteiger partial charge on any atom is -0.504 e. The smallest absolute Gasteiger partial charge is 0.306 e. The van der Waals surface area contributed by atoms with Crippen LogP contribution in [0.5, 0.6) is 63.2 Å². The van der Waals surface area contributed by atoms with E-state index in [1.165, 1.54) is 14.2 Å². The molecule has 0 radical (unpaired) electrons. The van der Waals surface area contributed by atoms with Gasteiger partial charge in [0.2, 0.25) is 17.2 Å². The number of quaternary nitrogens is 2. The zero-order valence-electron chi connectivity index (χ0n) is 42.9. The van der Waals surface area contributed by atoms with Gasteiger partial charge in [0, 0.05) is 43.2 Å². The Labute approximate surface area is 412 Å². The van der Waals surface area contributed by atoms with Gasteiger partial charge in [-0.2, -0.15) is 0 Å². The first-order valence-electron chi connectivity index (χ1n) is 23.5. The molecule has 17 nitrogen and oxygen atoms in total. The molecule has 17 heteroatoms. The van der Waals surface area contributed by atoms with Crippen LogP contribution in [-0.2, 0) is 38.3 Å². The van der Waals surface area contributed by atoms with Crippen molar-refractivity contribution in [2.75, 3.05) is 125 Å². The number of benzene rings is 4. The number of rotatable bonds is 24. The van der Waals surface area contributed by atoms with Crippen molar-refractivity contribution in [1.82, 2.24) is 0 Å². The molecule has 4 unspecified atom stereocenters. The van der Waals surface area contributed by atoms with Crippen LogP contribution in [0.1, 0.15) is 71.1 Å². The third-order valence-electron chi connectivity index (χ3n) is 14.0. The Morgan fingerprint density at radius 2 is 1.00 bits per heavy atom. The number of nitrogens with zero attached hydrogens (tertiary/aromatic N) is 2. The minimum absolute atomic E-state index is 0.0254. The summed E-state index contributed by atoms with van der Waals surface area (Å²) >= 11 is 0. The second kappa shape index (κ2) is 23.4. The van der Waals surface area contributed by atoms with Crippen molar-refractivity contribution in [2.24, 2.45) is 0 Å². The Bertz CT molecular complexity index is 2450. The zero-order chi connectivity index (χ0) is 50.8. The van der Waals surface area contributed by atoms with E-state index in [1.54, 1.807) is 62.9 Å². The fourth-order valence-corrected chi connectivity index (χ4v) is 10.4. The Kier molecular flexibility index (Phi) is 17.7. The maximum absolute atomic E-state index is 13.0. The van der Waals surface area contributed by atoms with E-state index in [2.05, 4.69) is 14.1 Å². The van der Waals surface area contributed by atoms with Gasteiger partial charge in [0.15, 0.2) is 46.0 Å². The van der Waals surface area contributed by atoms with Crippen molar-refractivity contribution in [3.8, 4) is 63.2 Å². The lowest BCUT2D eigenvalue weighted by Gasteiger charge is -2.46. The fraction of sp³-hybridized carbons (Fsp3) is 0.509. The highest BCUT2D eigenvalue weighted by Crippen LogP contribution is 2.52. The van der Waals surface area contributed by atoms with Gasteiger partial charge in [-0.3, -0.25) is 9.59 Å². The van der Waals surface area contributed by atoms with Crippen molar-refractivity contribution >= 4 is 11.9 Å². The lowest BCUT2D eigenvalue weighted by atomic mass is 9.85. The second-order valence-corrected chi connectivity index (χ2v) is 18.1. The molecular weight excluding hydrogens is 905 g/mol. The number of aromatic hydroxyl groups is 1. The number of carbonyl (C=O) groups excluding carboxylic acids is 2. The highest BCUT2D eigenvalue weighted by Gasteiger charge is 2.44. The van der Waals surface area contributed by atoms with E-state index in [0.29, 0.717) is 93.1 Å². The van der Waals surface area contributed by atoms with Crippen molar-refractivity contribution in [2.45, 2.75) is 57.0 Å². The minimum atomic E-state index is -0.468. The molecule has 2 aliphatic rings. The molecule has 4 atom stereocenters. The normalized spacial score (nSPS) is 19.1. The van der Waals surface area contributed by atoms with Gasteiger partial charge in [-0.1, -0.05) is 0 Å². The maximum Gasteiger partial charge on any atom is 0.306 e. The second-order valence-electron chi connectivity index (χ2n) is 18.1. The van der Waals surface area contributed by atoms with Crippen LogP contribution in [0.2, 0.25) is 0 Å². The molecular formula is C53H72N2O15+2. The van der Waals surface area contributed by atoms with Gasteiger partial charge >= 0.3 is 11.9 Å². The van der Waals surface area contributed by atoms with E-state index >= 15 is 0 Å². The lowest BCUT2D eigenvalue weighted by Crippen LogP contribution is -2.52. The van der Waals surface area contributed by atoms with E-state index in [9.17, 15) is 14.7 Å². The van der Waals surface area contributed by atoms with E-state index in [4.69, 9.17) is 56.8 Å². The highest BCUT2D eigenvalue weighted by molar-refractivity contribution is 5.77. The Balaban J connectivity index is 1.07. The number of phenolic OH excluding ortho intramolecular Hbond substituents is 1. The van der Waals surface area contributed by atoms with Crippen LogP contribution in [0.3, 0.4) is 0 Å². The van der Waals surface area contributed by atoms with Crippen LogP contribution in [-0.4, -0.2) is 151 Å². The third-order valence-corrected chi connectivity index (χ3v) is 14.0. The molecule has 4 aromatic rings. The lowest BCUT2D eigenvalue weighted by molar-refractivity contribution is -0.941. The van der Waals surface area contributed by atoms with Gasteiger partial charge in [-0.05, 0) is 59.2 Å². The number of methoxy groups -OCH3 is 10. The molecule has 70 heavy (non-hydrogen) atoms. The van der Waals surface area contributed by atoms with Crippen molar-refractivity contribution in [3.63, 3.8) is 0 Å². The fourth-order valence-electron chi connectivity index (χ4n) is 10.4. The highest BCUT2D eigenvalue weighted by atomic mass is 16.6. The van der Waals surface area contributed by atoms with Crippen molar-refractivity contribution < 1.29 is 80.5 Å². The summed E-state index contributed by atoms with van der Waals surface area (Å²) in [6.07, 6.45) is 3.00. The third kappa shape index (κ3) is 11.1. The van der Waals surface area contributed by atoms with Crippen LogP contribution < -0.4 is 47.4 Å². The average Bonchev–Trinajstić information content (AvgIpc) is 3.37. The van der Waals surface area contributed by atoms with Gasteiger partial charge in [0.05, 0.1) is 143 Å². The maximum atomic E-state index is 13.0. The standard InChI is InChI=1S/C53H71N2O15/c1-54(21-18-35-29-45(64-8)52(67-11)53(68-12)48(35)38(54)25-33-26-39(56)50(65-9)42(27-33)61-5)19-13-23-69-46(57)15-16-47(58)70-24-14-20-55(2)22-17-34-28-40(59-3)41(60-4)32-37(34)49(55)36-30-43(62-6)51(66-10)44(31-36)63-7/h26-32,38,49H,13-25H2,1-12H3/q+1/p+1. The Morgan fingerprint density at radius 3 is 1.54 bits per heavy atom. The SMILES string of the molecule is COc1cc2c(cc1OC)C(c1cc(OC)c(OC)c(OC)c1)[N+](C)(CCCOC(=O)CCC(=O)OCCC[N+]1(C)CCc3cc(OC)c(OC)c(OC)c3C1Cc1cc(O)c(OC)c(OC)c1)CC2. The van der Waals surface area contributed by atoms with Crippen LogP contribution in [0, 0.1) is 0 Å². The van der Waals surface area contributed by atoms with Crippen LogP contribution in [0.25, 0.3) is 0 Å². The number of carbonyl (C=O) groups is 2. The predicted octanol–water partition coefficient (Wildman–Crippen LogP) is 7.20. The number of ether oxygens (including phenoxy) is 12. The first kappa shape index (κ1) is 52.9. The quantitative estimate of drug-likeness (QED) is 0.0425. The van der Waals surface area contributed by atoms with Crippen LogP contribution in [0.15, 0.2) is 42.5 Å². The Hall–Kier alpha value is -6.46. The molecule has 382 valence electrons. The molecule has 2 heterocycles. The summed E-state index contributed by atoms with van der Waals surface area (Å²) in [6.45, 7) is 3.27.